The second-order valence-electron chi connectivity index (χ2n) is 5.32. The summed E-state index contributed by atoms with van der Waals surface area (Å²) in [4.78, 5) is 4.18. The van der Waals surface area contributed by atoms with Crippen LogP contribution in [0, 0.1) is 6.92 Å². The van der Waals surface area contributed by atoms with Crippen LogP contribution in [0.4, 0.5) is 0 Å². The van der Waals surface area contributed by atoms with E-state index in [4.69, 9.17) is 4.74 Å². The Balaban J connectivity index is 1.76. The van der Waals surface area contributed by atoms with E-state index in [9.17, 15) is 8.42 Å². The van der Waals surface area contributed by atoms with Crippen LogP contribution in [0.25, 0.3) is 5.69 Å². The molecule has 0 aliphatic heterocycles. The van der Waals surface area contributed by atoms with Crippen molar-refractivity contribution in [3.05, 3.63) is 60.2 Å². The molecule has 1 N–H and O–H groups in total. The molecule has 0 aliphatic rings. The maximum absolute atomic E-state index is 12.5. The molecule has 0 saturated carbocycles. The Hall–Kier alpha value is -2.78. The molecule has 1 aromatic carbocycles. The molecule has 0 radical (unpaired) electrons. The van der Waals surface area contributed by atoms with Gasteiger partial charge in [-0.05, 0) is 30.7 Å². The smallest absolute Gasteiger partial charge is 0.241 e. The van der Waals surface area contributed by atoms with Crippen LogP contribution >= 0.6 is 0 Å². The maximum Gasteiger partial charge on any atom is 0.241 e. The van der Waals surface area contributed by atoms with Gasteiger partial charge in [0.05, 0.1) is 42.3 Å². The minimum absolute atomic E-state index is 0.0270. The summed E-state index contributed by atoms with van der Waals surface area (Å²) in [7, 11) is -2.21. The van der Waals surface area contributed by atoms with Gasteiger partial charge in [-0.1, -0.05) is 11.3 Å². The van der Waals surface area contributed by atoms with E-state index in [1.165, 1.54) is 17.9 Å². The molecule has 0 fully saturated rings. The Morgan fingerprint density at radius 2 is 2.12 bits per heavy atom. The molecule has 25 heavy (non-hydrogen) atoms. The van der Waals surface area contributed by atoms with Crippen molar-refractivity contribution < 1.29 is 13.2 Å². The highest BCUT2D eigenvalue weighted by Gasteiger charge is 2.18. The van der Waals surface area contributed by atoms with Crippen LogP contribution in [0.5, 0.6) is 5.75 Å². The minimum atomic E-state index is -3.70. The number of aryl methyl sites for hydroxylation is 1. The summed E-state index contributed by atoms with van der Waals surface area (Å²) in [5, 5.41) is 7.96. The van der Waals surface area contributed by atoms with Crippen molar-refractivity contribution >= 4 is 10.0 Å². The Bertz CT molecular complexity index is 970. The van der Waals surface area contributed by atoms with Gasteiger partial charge in [0.15, 0.2) is 0 Å². The molecule has 0 bridgehead atoms. The highest BCUT2D eigenvalue weighted by molar-refractivity contribution is 7.89. The molecular formula is C16H17N5O3S. The fourth-order valence-electron chi connectivity index (χ4n) is 2.24. The summed E-state index contributed by atoms with van der Waals surface area (Å²) in [6.45, 7) is 1.76. The average Bonchev–Trinajstić information content (AvgIpc) is 3.10. The van der Waals surface area contributed by atoms with Crippen LogP contribution in [-0.2, 0) is 16.6 Å². The van der Waals surface area contributed by atoms with Crippen molar-refractivity contribution in [3.63, 3.8) is 0 Å². The first-order valence-corrected chi connectivity index (χ1v) is 8.94. The molecule has 2 aromatic heterocycles. The van der Waals surface area contributed by atoms with Crippen LogP contribution in [0.15, 0.2) is 53.8 Å². The zero-order valence-corrected chi connectivity index (χ0v) is 14.6. The normalized spacial score (nSPS) is 11.4. The van der Waals surface area contributed by atoms with Crippen molar-refractivity contribution in [2.75, 3.05) is 7.11 Å². The second kappa shape index (κ2) is 6.99. The van der Waals surface area contributed by atoms with Crippen molar-refractivity contribution in [2.24, 2.45) is 0 Å². The molecule has 9 heteroatoms. The van der Waals surface area contributed by atoms with Crippen LogP contribution in [0.3, 0.4) is 0 Å². The molecule has 2 heterocycles. The fraction of sp³-hybridized carbons (Fsp3) is 0.188. The van der Waals surface area contributed by atoms with Gasteiger partial charge >= 0.3 is 0 Å². The van der Waals surface area contributed by atoms with Crippen LogP contribution in [0.1, 0.15) is 11.3 Å². The van der Waals surface area contributed by atoms with Crippen molar-refractivity contribution in [1.29, 1.82) is 0 Å². The van der Waals surface area contributed by atoms with E-state index in [0.29, 0.717) is 17.0 Å². The lowest BCUT2D eigenvalue weighted by molar-refractivity contribution is 0.413. The van der Waals surface area contributed by atoms with Gasteiger partial charge < -0.3 is 4.74 Å². The summed E-state index contributed by atoms with van der Waals surface area (Å²) < 4.78 is 34.2. The number of nitrogens with zero attached hydrogens (tertiary/aromatic N) is 4. The number of rotatable bonds is 6. The maximum atomic E-state index is 12.5. The van der Waals surface area contributed by atoms with Gasteiger partial charge in [0.2, 0.25) is 10.0 Å². The zero-order valence-electron chi connectivity index (χ0n) is 13.7. The van der Waals surface area contributed by atoms with E-state index >= 15 is 0 Å². The number of aromatic nitrogens is 4. The van der Waals surface area contributed by atoms with Crippen molar-refractivity contribution in [3.8, 4) is 11.4 Å². The van der Waals surface area contributed by atoms with Gasteiger partial charge in [-0.15, -0.1) is 5.10 Å². The van der Waals surface area contributed by atoms with Crippen molar-refractivity contribution in [2.45, 2.75) is 18.4 Å². The van der Waals surface area contributed by atoms with Crippen molar-refractivity contribution in [1.82, 2.24) is 24.7 Å². The second-order valence-corrected chi connectivity index (χ2v) is 7.06. The highest BCUT2D eigenvalue weighted by Crippen LogP contribution is 2.21. The van der Waals surface area contributed by atoms with Gasteiger partial charge in [0.25, 0.3) is 0 Å². The summed E-state index contributed by atoms with van der Waals surface area (Å²) in [5.41, 5.74) is 1.87. The Morgan fingerprint density at radius 3 is 2.84 bits per heavy atom. The standard InChI is InChI=1S/C16H17N5O3S/c1-12-5-6-15(24-2)8-16(12)25(22,23)18-9-13-11-21(20-19-13)14-4-3-7-17-10-14/h3-8,10-11,18H,9H2,1-2H3. The lowest BCUT2D eigenvalue weighted by atomic mass is 10.2. The largest absolute Gasteiger partial charge is 0.497 e. The number of ether oxygens (including phenoxy) is 1. The third-order valence-electron chi connectivity index (χ3n) is 3.58. The highest BCUT2D eigenvalue weighted by atomic mass is 32.2. The lowest BCUT2D eigenvalue weighted by Gasteiger charge is -2.10. The number of hydrogen-bond donors (Lipinski definition) is 1. The molecule has 0 unspecified atom stereocenters. The summed E-state index contributed by atoms with van der Waals surface area (Å²) in [6.07, 6.45) is 4.95. The van der Waals surface area contributed by atoms with E-state index in [-0.39, 0.29) is 11.4 Å². The molecule has 0 saturated heterocycles. The summed E-state index contributed by atoms with van der Waals surface area (Å²) in [6, 6.07) is 8.52. The SMILES string of the molecule is COc1ccc(C)c(S(=O)(=O)NCc2cn(-c3cccnc3)nn2)c1. The van der Waals surface area contributed by atoms with Gasteiger partial charge in [0, 0.05) is 12.3 Å². The van der Waals surface area contributed by atoms with Crippen LogP contribution in [-0.4, -0.2) is 35.5 Å². The molecule has 0 amide bonds. The van der Waals surface area contributed by atoms with E-state index in [1.807, 2.05) is 6.07 Å². The quantitative estimate of drug-likeness (QED) is 0.715. The molecule has 130 valence electrons. The minimum Gasteiger partial charge on any atom is -0.497 e. The molecule has 0 aliphatic carbocycles. The van der Waals surface area contributed by atoms with E-state index in [2.05, 4.69) is 20.0 Å². The predicted molar refractivity (Wildman–Crippen MR) is 90.9 cm³/mol. The van der Waals surface area contributed by atoms with Gasteiger partial charge in [-0.3, -0.25) is 4.98 Å². The number of methoxy groups -OCH3 is 1. The number of nitrogens with one attached hydrogen (secondary N) is 1. The molecule has 3 aromatic rings. The molecule has 0 atom stereocenters. The lowest BCUT2D eigenvalue weighted by Crippen LogP contribution is -2.24. The molecule has 0 spiro atoms. The van der Waals surface area contributed by atoms with E-state index < -0.39 is 10.0 Å². The zero-order chi connectivity index (χ0) is 17.9. The summed E-state index contributed by atoms with van der Waals surface area (Å²) in [5.74, 6) is 0.480. The third-order valence-corrected chi connectivity index (χ3v) is 5.12. The molecular weight excluding hydrogens is 342 g/mol. The third kappa shape index (κ3) is 3.83. The van der Waals surface area contributed by atoms with E-state index in [1.54, 1.807) is 43.7 Å². The first-order valence-electron chi connectivity index (χ1n) is 7.45. The number of sulfonamides is 1. The molecule has 8 nitrogen and oxygen atoms in total. The number of benzene rings is 1. The first kappa shape index (κ1) is 17.1. The Morgan fingerprint density at radius 1 is 1.28 bits per heavy atom. The van der Waals surface area contributed by atoms with Gasteiger partial charge in [-0.25, -0.2) is 17.8 Å². The first-order chi connectivity index (χ1) is 12.0. The topological polar surface area (TPSA) is 99.0 Å². The predicted octanol–water partition coefficient (Wildman–Crippen LogP) is 1.46. The van der Waals surface area contributed by atoms with Crippen LogP contribution in [0.2, 0.25) is 0 Å². The van der Waals surface area contributed by atoms with E-state index in [0.717, 1.165) is 5.69 Å². The van der Waals surface area contributed by atoms with Crippen LogP contribution < -0.4 is 9.46 Å². The Kier molecular flexibility index (Phi) is 4.77. The number of hydrogen-bond acceptors (Lipinski definition) is 6. The fourth-order valence-corrected chi connectivity index (χ4v) is 3.50. The van der Waals surface area contributed by atoms with Gasteiger partial charge in [0.1, 0.15) is 5.75 Å². The van der Waals surface area contributed by atoms with Gasteiger partial charge in [-0.2, -0.15) is 0 Å². The monoisotopic (exact) mass is 359 g/mol. The average molecular weight is 359 g/mol. The Labute approximate surface area is 145 Å². The molecule has 3 rings (SSSR count). The number of pyridine rings is 1. The summed E-state index contributed by atoms with van der Waals surface area (Å²) >= 11 is 0.